The standard InChI is InChI=1S/C15H12Cl2N4O/c1-22-15-14(18)19-10-6-7-11(17)20-13(10)12(21-15)8-4-2-3-5-9(8)16/h2-7,15H,1H3,(H2,18,19). The molecule has 1 aromatic carbocycles. The van der Waals surface area contributed by atoms with Gasteiger partial charge in [-0.2, -0.15) is 0 Å². The van der Waals surface area contributed by atoms with E-state index in [1.165, 1.54) is 7.11 Å². The Morgan fingerprint density at radius 3 is 2.64 bits per heavy atom. The number of pyridine rings is 1. The number of nitrogens with zero attached hydrogens (tertiary/aromatic N) is 3. The zero-order chi connectivity index (χ0) is 15.7. The first-order chi connectivity index (χ1) is 10.6. The van der Waals surface area contributed by atoms with Crippen LogP contribution in [0.1, 0.15) is 11.3 Å². The Labute approximate surface area is 137 Å². The molecule has 1 unspecified atom stereocenters. The van der Waals surface area contributed by atoms with Crippen molar-refractivity contribution in [1.82, 2.24) is 4.98 Å². The molecule has 22 heavy (non-hydrogen) atoms. The van der Waals surface area contributed by atoms with Crippen molar-refractivity contribution in [2.45, 2.75) is 6.23 Å². The van der Waals surface area contributed by atoms with E-state index in [0.29, 0.717) is 32.8 Å². The van der Waals surface area contributed by atoms with Crippen molar-refractivity contribution in [2.75, 3.05) is 7.11 Å². The average Bonchev–Trinajstić information content (AvgIpc) is 2.64. The molecule has 0 saturated carbocycles. The fourth-order valence-electron chi connectivity index (χ4n) is 2.16. The quantitative estimate of drug-likeness (QED) is 0.857. The Balaban J connectivity index is 2.28. The molecule has 0 aliphatic carbocycles. The predicted molar refractivity (Wildman–Crippen MR) is 88.4 cm³/mol. The third-order valence-electron chi connectivity index (χ3n) is 3.17. The normalized spacial score (nSPS) is 17.3. The molecule has 112 valence electrons. The van der Waals surface area contributed by atoms with E-state index in [0.717, 1.165) is 0 Å². The summed E-state index contributed by atoms with van der Waals surface area (Å²) in [6.07, 6.45) is -0.709. The summed E-state index contributed by atoms with van der Waals surface area (Å²) in [6.45, 7) is 0. The minimum Gasteiger partial charge on any atom is -0.383 e. The molecule has 1 atom stereocenters. The van der Waals surface area contributed by atoms with Crippen molar-refractivity contribution >= 4 is 40.4 Å². The van der Waals surface area contributed by atoms with Crippen LogP contribution in [0.25, 0.3) is 0 Å². The molecule has 0 saturated heterocycles. The Morgan fingerprint density at radius 2 is 1.91 bits per heavy atom. The van der Waals surface area contributed by atoms with Gasteiger partial charge in [-0.3, -0.25) is 0 Å². The molecule has 7 heteroatoms. The first kappa shape index (κ1) is 15.0. The van der Waals surface area contributed by atoms with Gasteiger partial charge in [-0.05, 0) is 18.2 Å². The molecule has 0 amide bonds. The van der Waals surface area contributed by atoms with Crippen LogP contribution in [-0.2, 0) is 4.74 Å². The van der Waals surface area contributed by atoms with Crippen molar-refractivity contribution in [3.63, 3.8) is 0 Å². The van der Waals surface area contributed by atoms with Crippen LogP contribution in [0.3, 0.4) is 0 Å². The highest BCUT2D eigenvalue weighted by molar-refractivity contribution is 6.36. The lowest BCUT2D eigenvalue weighted by Crippen LogP contribution is -2.29. The van der Waals surface area contributed by atoms with E-state index in [2.05, 4.69) is 15.0 Å². The van der Waals surface area contributed by atoms with Gasteiger partial charge in [0.05, 0.1) is 16.4 Å². The summed E-state index contributed by atoms with van der Waals surface area (Å²) < 4.78 is 5.29. The van der Waals surface area contributed by atoms with E-state index in [1.54, 1.807) is 18.2 Å². The molecular weight excluding hydrogens is 323 g/mol. The Bertz CT molecular complexity index is 789. The summed E-state index contributed by atoms with van der Waals surface area (Å²) >= 11 is 12.3. The molecular formula is C15H12Cl2N4O. The first-order valence-electron chi connectivity index (χ1n) is 6.46. The van der Waals surface area contributed by atoms with Crippen LogP contribution in [0.4, 0.5) is 5.69 Å². The number of rotatable bonds is 2. The zero-order valence-corrected chi connectivity index (χ0v) is 13.1. The number of nitrogens with two attached hydrogens (primary N) is 1. The molecule has 0 radical (unpaired) electrons. The van der Waals surface area contributed by atoms with Crippen molar-refractivity contribution in [2.24, 2.45) is 15.7 Å². The molecule has 5 nitrogen and oxygen atoms in total. The summed E-state index contributed by atoms with van der Waals surface area (Å²) in [6, 6.07) is 10.7. The minimum absolute atomic E-state index is 0.245. The van der Waals surface area contributed by atoms with Crippen molar-refractivity contribution < 1.29 is 4.74 Å². The molecule has 2 aromatic rings. The van der Waals surface area contributed by atoms with E-state index < -0.39 is 6.23 Å². The van der Waals surface area contributed by atoms with E-state index in [9.17, 15) is 0 Å². The molecule has 0 spiro atoms. The summed E-state index contributed by atoms with van der Waals surface area (Å²) in [4.78, 5) is 13.2. The largest absolute Gasteiger partial charge is 0.383 e. The Morgan fingerprint density at radius 1 is 1.14 bits per heavy atom. The number of amidine groups is 1. The lowest BCUT2D eigenvalue weighted by molar-refractivity contribution is 0.162. The summed E-state index contributed by atoms with van der Waals surface area (Å²) in [5.41, 5.74) is 8.29. The third-order valence-corrected chi connectivity index (χ3v) is 3.71. The number of hydrogen-bond donors (Lipinski definition) is 1. The number of halogens is 2. The highest BCUT2D eigenvalue weighted by Crippen LogP contribution is 2.29. The molecule has 0 fully saturated rings. The number of fused-ring (bicyclic) bond motifs is 1. The number of hydrogen-bond acceptors (Lipinski definition) is 5. The molecule has 1 aliphatic heterocycles. The topological polar surface area (TPSA) is 72.9 Å². The second-order valence-electron chi connectivity index (χ2n) is 4.58. The number of ether oxygens (including phenoxy) is 1. The van der Waals surface area contributed by atoms with Crippen LogP contribution in [-0.4, -0.2) is 29.9 Å². The summed E-state index contributed by atoms with van der Waals surface area (Å²) in [5, 5.41) is 0.882. The van der Waals surface area contributed by atoms with Gasteiger partial charge in [0.1, 0.15) is 10.8 Å². The number of benzene rings is 1. The Hall–Kier alpha value is -1.95. The highest BCUT2D eigenvalue weighted by Gasteiger charge is 2.24. The van der Waals surface area contributed by atoms with Crippen LogP contribution in [0.5, 0.6) is 0 Å². The van der Waals surface area contributed by atoms with Crippen molar-refractivity contribution in [3.8, 4) is 0 Å². The summed E-state index contributed by atoms with van der Waals surface area (Å²) in [7, 11) is 1.51. The first-order valence-corrected chi connectivity index (χ1v) is 7.22. The summed E-state index contributed by atoms with van der Waals surface area (Å²) in [5.74, 6) is 0.245. The van der Waals surface area contributed by atoms with Crippen LogP contribution < -0.4 is 5.73 Å². The van der Waals surface area contributed by atoms with Gasteiger partial charge >= 0.3 is 0 Å². The van der Waals surface area contributed by atoms with Crippen LogP contribution in [0.15, 0.2) is 46.4 Å². The zero-order valence-electron chi connectivity index (χ0n) is 11.6. The lowest BCUT2D eigenvalue weighted by Gasteiger charge is -2.11. The average molecular weight is 335 g/mol. The minimum atomic E-state index is -0.709. The second-order valence-corrected chi connectivity index (χ2v) is 5.38. The van der Waals surface area contributed by atoms with Gasteiger partial charge in [-0.1, -0.05) is 41.4 Å². The molecule has 0 bridgehead atoms. The van der Waals surface area contributed by atoms with E-state index in [1.807, 2.05) is 18.2 Å². The smallest absolute Gasteiger partial charge is 0.206 e. The molecule has 1 aromatic heterocycles. The van der Waals surface area contributed by atoms with E-state index in [4.69, 9.17) is 33.7 Å². The molecule has 2 N–H and O–H groups in total. The maximum atomic E-state index is 6.29. The van der Waals surface area contributed by atoms with Crippen molar-refractivity contribution in [1.29, 1.82) is 0 Å². The fraction of sp³-hybridized carbons (Fsp3) is 0.133. The monoisotopic (exact) mass is 334 g/mol. The van der Waals surface area contributed by atoms with Gasteiger partial charge < -0.3 is 10.5 Å². The molecule has 2 heterocycles. The number of aliphatic imine (C=N–C) groups is 2. The van der Waals surface area contributed by atoms with Gasteiger partial charge in [0.15, 0.2) is 5.84 Å². The lowest BCUT2D eigenvalue weighted by atomic mass is 10.1. The van der Waals surface area contributed by atoms with Crippen molar-refractivity contribution in [3.05, 3.63) is 57.8 Å². The van der Waals surface area contributed by atoms with Gasteiger partial charge in [-0.15, -0.1) is 0 Å². The van der Waals surface area contributed by atoms with Crippen LogP contribution in [0.2, 0.25) is 10.2 Å². The van der Waals surface area contributed by atoms with Gasteiger partial charge in [-0.25, -0.2) is 15.0 Å². The van der Waals surface area contributed by atoms with E-state index >= 15 is 0 Å². The van der Waals surface area contributed by atoms with Gasteiger partial charge in [0.2, 0.25) is 6.23 Å². The maximum absolute atomic E-state index is 6.29. The maximum Gasteiger partial charge on any atom is 0.206 e. The SMILES string of the molecule is COC1N=C(c2ccccc2Cl)c2nc(Cl)ccc2N=C1N. The third kappa shape index (κ3) is 2.70. The van der Waals surface area contributed by atoms with Crippen LogP contribution >= 0.6 is 23.2 Å². The second kappa shape index (κ2) is 6.04. The molecule has 3 rings (SSSR count). The Kier molecular flexibility index (Phi) is 4.11. The number of aromatic nitrogens is 1. The predicted octanol–water partition coefficient (Wildman–Crippen LogP) is 3.20. The van der Waals surface area contributed by atoms with Crippen LogP contribution in [0, 0.1) is 0 Å². The van der Waals surface area contributed by atoms with Gasteiger partial charge in [0.25, 0.3) is 0 Å². The fourth-order valence-corrected chi connectivity index (χ4v) is 2.53. The molecule has 1 aliphatic rings. The number of methoxy groups -OCH3 is 1. The van der Waals surface area contributed by atoms with E-state index in [-0.39, 0.29) is 5.84 Å². The highest BCUT2D eigenvalue weighted by atomic mass is 35.5. The van der Waals surface area contributed by atoms with Gasteiger partial charge in [0, 0.05) is 12.7 Å².